The van der Waals surface area contributed by atoms with Crippen LogP contribution in [0.2, 0.25) is 0 Å². The van der Waals surface area contributed by atoms with Crippen molar-refractivity contribution >= 4 is 17.3 Å². The Bertz CT molecular complexity index is 867. The molecule has 0 aliphatic carbocycles. The Labute approximate surface area is 163 Å². The smallest absolute Gasteiger partial charge is 0.270 e. The molecule has 1 aliphatic heterocycles. The molecule has 148 valence electrons. The van der Waals surface area contributed by atoms with Crippen LogP contribution in [-0.4, -0.2) is 43.2 Å². The van der Waals surface area contributed by atoms with E-state index in [1.807, 2.05) is 43.0 Å². The van der Waals surface area contributed by atoms with Crippen LogP contribution in [0.15, 0.2) is 42.5 Å². The first-order chi connectivity index (χ1) is 13.5. The summed E-state index contributed by atoms with van der Waals surface area (Å²) in [7, 11) is 0. The third-order valence-corrected chi connectivity index (χ3v) is 4.60. The van der Waals surface area contributed by atoms with E-state index in [1.54, 1.807) is 6.07 Å². The lowest BCUT2D eigenvalue weighted by Gasteiger charge is -2.27. The summed E-state index contributed by atoms with van der Waals surface area (Å²) >= 11 is 0. The highest BCUT2D eigenvalue weighted by atomic mass is 16.6. The van der Waals surface area contributed by atoms with E-state index in [9.17, 15) is 14.9 Å². The highest BCUT2D eigenvalue weighted by molar-refractivity contribution is 6.00. The average Bonchev–Trinajstić information content (AvgIpc) is 2.72. The zero-order valence-corrected chi connectivity index (χ0v) is 15.9. The van der Waals surface area contributed by atoms with Gasteiger partial charge in [0.05, 0.1) is 17.0 Å². The van der Waals surface area contributed by atoms with E-state index in [-0.39, 0.29) is 29.8 Å². The monoisotopic (exact) mass is 385 g/mol. The molecular weight excluding hydrogens is 362 g/mol. The molecule has 0 saturated carbocycles. The zero-order valence-electron chi connectivity index (χ0n) is 15.9. The van der Waals surface area contributed by atoms with Crippen molar-refractivity contribution < 1.29 is 19.2 Å². The zero-order chi connectivity index (χ0) is 20.1. The quantitative estimate of drug-likeness (QED) is 0.582. The molecule has 0 bridgehead atoms. The second-order valence-corrected chi connectivity index (χ2v) is 6.34. The van der Waals surface area contributed by atoms with E-state index in [4.69, 9.17) is 9.47 Å². The van der Waals surface area contributed by atoms with Gasteiger partial charge in [0.2, 0.25) is 0 Å². The Balaban J connectivity index is 1.74. The van der Waals surface area contributed by atoms with Crippen molar-refractivity contribution in [2.45, 2.75) is 20.0 Å². The van der Waals surface area contributed by atoms with Crippen LogP contribution in [0, 0.1) is 10.1 Å². The van der Waals surface area contributed by atoms with Crippen molar-refractivity contribution in [3.05, 3.63) is 58.1 Å². The molecule has 0 spiro atoms. The van der Waals surface area contributed by atoms with Crippen LogP contribution in [0.3, 0.4) is 0 Å². The minimum absolute atomic E-state index is 0.118. The summed E-state index contributed by atoms with van der Waals surface area (Å²) in [5.74, 6) is 0.924. The van der Waals surface area contributed by atoms with E-state index in [2.05, 4.69) is 5.32 Å². The fourth-order valence-corrected chi connectivity index (χ4v) is 3.12. The highest BCUT2D eigenvalue weighted by Crippen LogP contribution is 2.31. The molecule has 0 fully saturated rings. The van der Waals surface area contributed by atoms with Gasteiger partial charge in [0.25, 0.3) is 11.6 Å². The summed E-state index contributed by atoms with van der Waals surface area (Å²) in [6.07, 6.45) is -0.338. The molecule has 0 aromatic heterocycles. The number of rotatable bonds is 7. The summed E-state index contributed by atoms with van der Waals surface area (Å²) in [5.41, 5.74) is 0.821. The van der Waals surface area contributed by atoms with Crippen molar-refractivity contribution in [1.82, 2.24) is 5.32 Å². The third kappa shape index (κ3) is 4.16. The molecule has 1 N–H and O–H groups in total. The van der Waals surface area contributed by atoms with Gasteiger partial charge in [-0.05, 0) is 32.0 Å². The lowest BCUT2D eigenvalue weighted by atomic mass is 10.1. The van der Waals surface area contributed by atoms with Crippen LogP contribution in [0.1, 0.15) is 24.2 Å². The number of non-ortho nitro benzene ring substituents is 1. The molecule has 0 saturated heterocycles. The summed E-state index contributed by atoms with van der Waals surface area (Å²) in [6.45, 7) is 5.85. The maximum Gasteiger partial charge on any atom is 0.270 e. The first kappa shape index (κ1) is 19.5. The number of carbonyl (C=O) groups excluding carboxylic acids is 1. The van der Waals surface area contributed by atoms with Crippen molar-refractivity contribution in [1.29, 1.82) is 0 Å². The number of benzene rings is 2. The molecule has 3 rings (SSSR count). The summed E-state index contributed by atoms with van der Waals surface area (Å²) < 4.78 is 11.5. The third-order valence-electron chi connectivity index (χ3n) is 4.60. The van der Waals surface area contributed by atoms with Gasteiger partial charge in [0.1, 0.15) is 12.7 Å². The van der Waals surface area contributed by atoms with Gasteiger partial charge in [-0.25, -0.2) is 0 Å². The molecule has 28 heavy (non-hydrogen) atoms. The summed E-state index contributed by atoms with van der Waals surface area (Å²) in [5, 5.41) is 14.0. The van der Waals surface area contributed by atoms with Crippen LogP contribution in [-0.2, 0) is 0 Å². The lowest BCUT2D eigenvalue weighted by Crippen LogP contribution is -2.41. The Kier molecular flexibility index (Phi) is 5.98. The van der Waals surface area contributed by atoms with Crippen LogP contribution in [0.5, 0.6) is 11.5 Å². The second kappa shape index (κ2) is 8.60. The van der Waals surface area contributed by atoms with Gasteiger partial charge in [0.15, 0.2) is 11.5 Å². The lowest BCUT2D eigenvalue weighted by molar-refractivity contribution is -0.384. The number of amides is 1. The second-order valence-electron chi connectivity index (χ2n) is 6.34. The Hall–Kier alpha value is -3.29. The number of nitrogens with one attached hydrogen (secondary N) is 1. The number of hydrogen-bond donors (Lipinski definition) is 1. The normalized spacial score (nSPS) is 15.0. The first-order valence-corrected chi connectivity index (χ1v) is 9.23. The van der Waals surface area contributed by atoms with Gasteiger partial charge >= 0.3 is 0 Å². The molecule has 1 amide bonds. The van der Waals surface area contributed by atoms with Crippen LogP contribution >= 0.6 is 0 Å². The van der Waals surface area contributed by atoms with Crippen molar-refractivity contribution in [3.63, 3.8) is 0 Å². The number of para-hydroxylation sites is 2. The van der Waals surface area contributed by atoms with E-state index in [0.29, 0.717) is 36.9 Å². The molecule has 0 radical (unpaired) electrons. The van der Waals surface area contributed by atoms with Crippen molar-refractivity contribution in [2.24, 2.45) is 0 Å². The molecule has 8 heteroatoms. The number of nitrogens with zero attached hydrogens (tertiary/aromatic N) is 2. The largest absolute Gasteiger partial charge is 0.486 e. The fourth-order valence-electron chi connectivity index (χ4n) is 3.12. The van der Waals surface area contributed by atoms with Crippen LogP contribution in [0.4, 0.5) is 11.4 Å². The SMILES string of the molecule is CCN(CC)c1ccc([N+](=O)[O-])cc1C(=O)NC[C@H]1COc2ccccc2O1. The molecule has 8 nitrogen and oxygen atoms in total. The Morgan fingerprint density at radius 3 is 2.61 bits per heavy atom. The van der Waals surface area contributed by atoms with Crippen molar-refractivity contribution in [2.75, 3.05) is 31.1 Å². The number of nitro benzene ring substituents is 1. The van der Waals surface area contributed by atoms with E-state index in [1.165, 1.54) is 12.1 Å². The van der Waals surface area contributed by atoms with Crippen LogP contribution in [0.25, 0.3) is 0 Å². The first-order valence-electron chi connectivity index (χ1n) is 9.23. The predicted molar refractivity (Wildman–Crippen MR) is 105 cm³/mol. The van der Waals surface area contributed by atoms with Gasteiger partial charge in [-0.2, -0.15) is 0 Å². The molecule has 1 atom stereocenters. The van der Waals surface area contributed by atoms with E-state index in [0.717, 1.165) is 0 Å². The average molecular weight is 385 g/mol. The van der Waals surface area contributed by atoms with E-state index < -0.39 is 4.92 Å². The van der Waals surface area contributed by atoms with Gasteiger partial charge in [-0.15, -0.1) is 0 Å². The standard InChI is InChI=1S/C20H23N3O5/c1-3-22(4-2)17-10-9-14(23(25)26)11-16(17)20(24)21-12-15-13-27-18-7-5-6-8-19(18)28-15/h5-11,15H,3-4,12-13H2,1-2H3,(H,21,24)/t15-/m0/s1. The van der Waals surface area contributed by atoms with Gasteiger partial charge in [-0.3, -0.25) is 14.9 Å². The summed E-state index contributed by atoms with van der Waals surface area (Å²) in [4.78, 5) is 25.4. The number of ether oxygens (including phenoxy) is 2. The molecular formula is C20H23N3O5. The van der Waals surface area contributed by atoms with Crippen LogP contribution < -0.4 is 19.7 Å². The van der Waals surface area contributed by atoms with Gasteiger partial charge < -0.3 is 19.7 Å². The van der Waals surface area contributed by atoms with Crippen molar-refractivity contribution in [3.8, 4) is 11.5 Å². The minimum atomic E-state index is -0.502. The molecule has 2 aromatic carbocycles. The van der Waals surface area contributed by atoms with E-state index >= 15 is 0 Å². The number of fused-ring (bicyclic) bond motifs is 1. The Morgan fingerprint density at radius 1 is 1.21 bits per heavy atom. The fraction of sp³-hybridized carbons (Fsp3) is 0.350. The molecule has 2 aromatic rings. The predicted octanol–water partition coefficient (Wildman–Crippen LogP) is 3.01. The summed E-state index contributed by atoms with van der Waals surface area (Å²) in [6, 6.07) is 11.7. The minimum Gasteiger partial charge on any atom is -0.486 e. The number of anilines is 1. The number of carbonyl (C=O) groups is 1. The van der Waals surface area contributed by atoms with Gasteiger partial charge in [-0.1, -0.05) is 12.1 Å². The maximum atomic E-state index is 12.8. The maximum absolute atomic E-state index is 12.8. The topological polar surface area (TPSA) is 93.9 Å². The molecule has 0 unspecified atom stereocenters. The molecule has 1 heterocycles. The molecule has 1 aliphatic rings. The number of nitro groups is 1. The number of hydrogen-bond acceptors (Lipinski definition) is 6. The van der Waals surface area contributed by atoms with Gasteiger partial charge in [0, 0.05) is 30.9 Å². The Morgan fingerprint density at radius 2 is 1.93 bits per heavy atom. The highest BCUT2D eigenvalue weighted by Gasteiger charge is 2.23.